The van der Waals surface area contributed by atoms with Crippen LogP contribution in [0.3, 0.4) is 0 Å². The lowest BCUT2D eigenvalue weighted by molar-refractivity contribution is -0.140. The molecule has 1 aromatic heterocycles. The van der Waals surface area contributed by atoms with Gasteiger partial charge >= 0.3 is 0 Å². The van der Waals surface area contributed by atoms with Crippen LogP contribution in [0.2, 0.25) is 0 Å². The van der Waals surface area contributed by atoms with Gasteiger partial charge in [-0.1, -0.05) is 31.2 Å². The van der Waals surface area contributed by atoms with Crippen molar-refractivity contribution in [2.45, 2.75) is 45.3 Å². The van der Waals surface area contributed by atoms with Crippen LogP contribution in [0.25, 0.3) is 10.9 Å². The Morgan fingerprint density at radius 3 is 2.72 bits per heavy atom. The van der Waals surface area contributed by atoms with Crippen LogP contribution >= 0.6 is 0 Å². The van der Waals surface area contributed by atoms with Crippen LogP contribution in [0.1, 0.15) is 36.6 Å². The summed E-state index contributed by atoms with van der Waals surface area (Å²) in [6, 6.07) is 14.8. The molecule has 2 fully saturated rings. The largest absolute Gasteiger partial charge is 0.486 e. The lowest BCUT2D eigenvalue weighted by Crippen LogP contribution is -2.41. The smallest absolute Gasteiger partial charge is 0.247 e. The number of likely N-dealkylation sites (N-methyl/N-ethyl adjacent to an activating group) is 1. The van der Waals surface area contributed by atoms with Gasteiger partial charge in [-0.3, -0.25) is 19.8 Å². The number of nitrogens with one attached hydrogen (secondary N) is 1. The molecule has 1 aliphatic heterocycles. The summed E-state index contributed by atoms with van der Waals surface area (Å²) in [7, 11) is 3.97. The molecule has 2 aliphatic rings. The summed E-state index contributed by atoms with van der Waals surface area (Å²) in [5.41, 5.74) is 4.06. The lowest BCUT2D eigenvalue weighted by Gasteiger charge is -2.25. The average Bonchev–Trinajstić information content (AvgIpc) is 3.44. The van der Waals surface area contributed by atoms with E-state index in [0.29, 0.717) is 25.1 Å². The Hall–Kier alpha value is -3.56. The number of pyridine rings is 1. The van der Waals surface area contributed by atoms with E-state index in [4.69, 9.17) is 4.74 Å². The number of nitrogens with zero attached hydrogens (tertiary/aromatic N) is 3. The molecule has 0 radical (unpaired) electrons. The SMILES string of the molecule is CCc1cc(COc2ccc(CC3(C(=O)N4CCC(N(C)C)C4)CC3C(=O)NO)cc2F)c2ccccc2n1. The van der Waals surface area contributed by atoms with Crippen molar-refractivity contribution >= 4 is 22.7 Å². The van der Waals surface area contributed by atoms with Crippen molar-refractivity contribution in [3.8, 4) is 5.75 Å². The first-order valence-corrected chi connectivity index (χ1v) is 13.4. The number of benzene rings is 2. The monoisotopic (exact) mass is 534 g/mol. The van der Waals surface area contributed by atoms with E-state index in [1.807, 2.05) is 51.4 Å². The Labute approximate surface area is 227 Å². The van der Waals surface area contributed by atoms with Gasteiger partial charge in [-0.05, 0) is 69.6 Å². The van der Waals surface area contributed by atoms with Crippen LogP contribution in [0.15, 0.2) is 48.5 Å². The van der Waals surface area contributed by atoms with Gasteiger partial charge in [-0.15, -0.1) is 0 Å². The lowest BCUT2D eigenvalue weighted by atomic mass is 9.91. The van der Waals surface area contributed by atoms with Crippen LogP contribution in [0, 0.1) is 17.2 Å². The van der Waals surface area contributed by atoms with Gasteiger partial charge in [0.05, 0.1) is 16.8 Å². The number of fused-ring (bicyclic) bond motifs is 1. The van der Waals surface area contributed by atoms with Gasteiger partial charge in [0.2, 0.25) is 11.8 Å². The number of carbonyl (C=O) groups excluding carboxylic acids is 2. The summed E-state index contributed by atoms with van der Waals surface area (Å²) in [6.07, 6.45) is 2.16. The van der Waals surface area contributed by atoms with E-state index in [-0.39, 0.29) is 30.7 Å². The highest BCUT2D eigenvalue weighted by Crippen LogP contribution is 2.56. The van der Waals surface area contributed by atoms with Crippen molar-refractivity contribution in [2.24, 2.45) is 11.3 Å². The van der Waals surface area contributed by atoms with Gasteiger partial charge < -0.3 is 14.5 Å². The first-order valence-electron chi connectivity index (χ1n) is 13.4. The first kappa shape index (κ1) is 27.0. The molecule has 2 N–H and O–H groups in total. The number of amides is 2. The molecule has 2 aromatic carbocycles. The molecule has 3 aromatic rings. The van der Waals surface area contributed by atoms with Crippen molar-refractivity contribution in [3.63, 3.8) is 0 Å². The molecule has 9 heteroatoms. The van der Waals surface area contributed by atoms with Crippen molar-refractivity contribution in [1.29, 1.82) is 0 Å². The highest BCUT2D eigenvalue weighted by molar-refractivity contribution is 5.96. The summed E-state index contributed by atoms with van der Waals surface area (Å²) in [6.45, 7) is 3.43. The van der Waals surface area contributed by atoms with E-state index in [9.17, 15) is 14.8 Å². The summed E-state index contributed by atoms with van der Waals surface area (Å²) in [4.78, 5) is 34.5. The van der Waals surface area contributed by atoms with Crippen LogP contribution in [0.4, 0.5) is 4.39 Å². The first-order chi connectivity index (χ1) is 18.8. The molecule has 1 aliphatic carbocycles. The number of halogens is 1. The summed E-state index contributed by atoms with van der Waals surface area (Å²) in [5, 5.41) is 10.2. The second-order valence-electron chi connectivity index (χ2n) is 10.9. The predicted octanol–water partition coefficient (Wildman–Crippen LogP) is 3.73. The topological polar surface area (TPSA) is 95.0 Å². The fourth-order valence-electron chi connectivity index (χ4n) is 5.80. The van der Waals surface area contributed by atoms with E-state index in [2.05, 4.69) is 9.88 Å². The molecule has 2 amide bonds. The summed E-state index contributed by atoms with van der Waals surface area (Å²) >= 11 is 0. The second-order valence-corrected chi connectivity index (χ2v) is 10.9. The number of carbonyl (C=O) groups is 2. The van der Waals surface area contributed by atoms with Gasteiger partial charge in [0.25, 0.3) is 0 Å². The highest BCUT2D eigenvalue weighted by atomic mass is 19.1. The minimum absolute atomic E-state index is 0.113. The molecular formula is C30H35FN4O4. The third-order valence-corrected chi connectivity index (χ3v) is 8.22. The molecule has 2 heterocycles. The van der Waals surface area contributed by atoms with Crippen molar-refractivity contribution in [3.05, 3.63) is 71.2 Å². The third-order valence-electron chi connectivity index (χ3n) is 8.22. The fraction of sp³-hybridized carbons (Fsp3) is 0.433. The van der Waals surface area contributed by atoms with Crippen LogP contribution in [-0.4, -0.2) is 65.0 Å². The molecule has 39 heavy (non-hydrogen) atoms. The number of ether oxygens (including phenoxy) is 1. The third kappa shape index (κ3) is 5.33. The number of hydrogen-bond acceptors (Lipinski definition) is 6. The molecular weight excluding hydrogens is 499 g/mol. The number of aromatic nitrogens is 1. The van der Waals surface area contributed by atoms with Gasteiger partial charge in [0.1, 0.15) is 6.61 Å². The molecule has 3 atom stereocenters. The minimum atomic E-state index is -0.991. The maximum atomic E-state index is 15.2. The molecule has 0 spiro atoms. The van der Waals surface area contributed by atoms with E-state index >= 15 is 4.39 Å². The quantitative estimate of drug-likeness (QED) is 0.321. The molecule has 3 unspecified atom stereocenters. The van der Waals surface area contributed by atoms with E-state index < -0.39 is 23.1 Å². The van der Waals surface area contributed by atoms with E-state index in [0.717, 1.165) is 35.0 Å². The normalized spacial score (nSPS) is 22.4. The summed E-state index contributed by atoms with van der Waals surface area (Å²) in [5.74, 6) is -1.76. The molecule has 206 valence electrons. The molecule has 0 bridgehead atoms. The zero-order chi connectivity index (χ0) is 27.7. The van der Waals surface area contributed by atoms with Crippen LogP contribution < -0.4 is 10.2 Å². The Morgan fingerprint density at radius 1 is 1.23 bits per heavy atom. The molecule has 5 rings (SSSR count). The van der Waals surface area contributed by atoms with Gasteiger partial charge in [-0.2, -0.15) is 0 Å². The van der Waals surface area contributed by atoms with Crippen molar-refractivity contribution in [2.75, 3.05) is 27.2 Å². The maximum absolute atomic E-state index is 15.2. The second kappa shape index (κ2) is 10.9. The van der Waals surface area contributed by atoms with E-state index in [1.165, 1.54) is 6.07 Å². The van der Waals surface area contributed by atoms with Crippen LogP contribution in [-0.2, 0) is 29.0 Å². The summed E-state index contributed by atoms with van der Waals surface area (Å²) < 4.78 is 21.1. The number of likely N-dealkylation sites (tertiary alicyclic amines) is 1. The highest BCUT2D eigenvalue weighted by Gasteiger charge is 2.64. The number of aryl methyl sites for hydroxylation is 1. The number of para-hydroxylation sites is 1. The van der Waals surface area contributed by atoms with Crippen LogP contribution in [0.5, 0.6) is 5.75 Å². The Balaban J connectivity index is 1.33. The van der Waals surface area contributed by atoms with Crippen molar-refractivity contribution < 1.29 is 23.9 Å². The fourth-order valence-corrected chi connectivity index (χ4v) is 5.80. The van der Waals surface area contributed by atoms with Gasteiger partial charge in [0.15, 0.2) is 11.6 Å². The maximum Gasteiger partial charge on any atom is 0.247 e. The Morgan fingerprint density at radius 2 is 2.03 bits per heavy atom. The Bertz CT molecular complexity index is 1400. The standard InChI is InChI=1S/C30H35FN4O4/c1-4-21-14-20(23-7-5-6-8-26(23)32-21)18-39-27-10-9-19(13-25(27)31)15-30(16-24(30)28(36)33-38)29(37)35-12-11-22(17-35)34(2)3/h5-10,13-14,22,24,38H,4,11-12,15-18H2,1-3H3,(H,33,36). The number of hydroxylamine groups is 1. The number of rotatable bonds is 9. The van der Waals surface area contributed by atoms with Gasteiger partial charge in [-0.25, -0.2) is 9.87 Å². The van der Waals surface area contributed by atoms with E-state index in [1.54, 1.807) is 22.5 Å². The number of hydrogen-bond donors (Lipinski definition) is 2. The van der Waals surface area contributed by atoms with Gasteiger partial charge in [0, 0.05) is 35.8 Å². The zero-order valence-corrected chi connectivity index (χ0v) is 22.6. The van der Waals surface area contributed by atoms with Crippen molar-refractivity contribution in [1.82, 2.24) is 20.3 Å². The minimum Gasteiger partial charge on any atom is -0.486 e. The molecule has 1 saturated heterocycles. The zero-order valence-electron chi connectivity index (χ0n) is 22.6. The predicted molar refractivity (Wildman–Crippen MR) is 145 cm³/mol. The Kier molecular flexibility index (Phi) is 7.55. The molecule has 8 nitrogen and oxygen atoms in total. The average molecular weight is 535 g/mol. The molecule has 1 saturated carbocycles.